The summed E-state index contributed by atoms with van der Waals surface area (Å²) in [5.41, 5.74) is 0.628. The smallest absolute Gasteiger partial charge is 0.335 e. The Morgan fingerprint density at radius 2 is 1.74 bits per heavy atom. The molecule has 1 aromatic heterocycles. The molecule has 0 bridgehead atoms. The average Bonchev–Trinajstić information content (AvgIpc) is 2.82. The molecule has 2 aromatic rings. The number of carbonyl (C=O) groups is 2. The minimum absolute atomic E-state index is 0.172. The fraction of sp³-hybridized carbons (Fsp3) is 0.143. The molecule has 1 amide bonds. The van der Waals surface area contributed by atoms with E-state index >= 15 is 0 Å². The second-order valence-corrected chi connectivity index (χ2v) is 5.45. The summed E-state index contributed by atoms with van der Waals surface area (Å²) in [5.74, 6) is -1.20. The first kappa shape index (κ1) is 13.3. The van der Waals surface area contributed by atoms with Gasteiger partial charge in [0.15, 0.2) is 0 Å². The molecule has 4 nitrogen and oxygen atoms in total. The molecule has 0 atom stereocenters. The predicted octanol–water partition coefficient (Wildman–Crippen LogP) is 2.68. The van der Waals surface area contributed by atoms with E-state index in [1.54, 1.807) is 11.3 Å². The van der Waals surface area contributed by atoms with Gasteiger partial charge in [-0.15, -0.1) is 11.3 Å². The molecule has 0 saturated carbocycles. The molecular formula is C14H13NO3S. The van der Waals surface area contributed by atoms with Crippen LogP contribution in [0.1, 0.15) is 30.5 Å². The number of rotatable bonds is 4. The molecule has 1 aromatic carbocycles. The van der Waals surface area contributed by atoms with E-state index in [1.165, 1.54) is 29.1 Å². The van der Waals surface area contributed by atoms with Gasteiger partial charge in [-0.25, -0.2) is 4.79 Å². The van der Waals surface area contributed by atoms with Crippen molar-refractivity contribution < 1.29 is 14.7 Å². The third-order valence-electron chi connectivity index (χ3n) is 2.61. The molecule has 98 valence electrons. The SMILES string of the molecule is Cc1ccc(CNC(=O)c2ccc(C(=O)O)cc2)s1. The van der Waals surface area contributed by atoms with Crippen molar-refractivity contribution in [1.29, 1.82) is 0 Å². The van der Waals surface area contributed by atoms with Crippen LogP contribution in [-0.4, -0.2) is 17.0 Å². The van der Waals surface area contributed by atoms with E-state index in [0.717, 1.165) is 4.88 Å². The fourth-order valence-electron chi connectivity index (χ4n) is 1.61. The number of nitrogens with one attached hydrogen (secondary N) is 1. The molecule has 0 radical (unpaired) electrons. The lowest BCUT2D eigenvalue weighted by atomic mass is 10.1. The van der Waals surface area contributed by atoms with E-state index in [4.69, 9.17) is 5.11 Å². The van der Waals surface area contributed by atoms with Crippen LogP contribution in [0.25, 0.3) is 0 Å². The van der Waals surface area contributed by atoms with Crippen LogP contribution in [0.15, 0.2) is 36.4 Å². The lowest BCUT2D eigenvalue weighted by Gasteiger charge is -2.04. The van der Waals surface area contributed by atoms with Crippen LogP contribution in [0.5, 0.6) is 0 Å². The number of hydrogen-bond donors (Lipinski definition) is 2. The summed E-state index contributed by atoms with van der Waals surface area (Å²) in [4.78, 5) is 24.8. The van der Waals surface area contributed by atoms with E-state index in [2.05, 4.69) is 5.32 Å². The predicted molar refractivity (Wildman–Crippen MR) is 73.6 cm³/mol. The number of carbonyl (C=O) groups excluding carboxylic acids is 1. The van der Waals surface area contributed by atoms with E-state index in [1.807, 2.05) is 19.1 Å². The van der Waals surface area contributed by atoms with E-state index < -0.39 is 5.97 Å². The Hall–Kier alpha value is -2.14. The molecule has 0 saturated heterocycles. The van der Waals surface area contributed by atoms with Crippen molar-refractivity contribution in [3.05, 3.63) is 57.3 Å². The van der Waals surface area contributed by atoms with Gasteiger partial charge in [-0.1, -0.05) is 0 Å². The minimum Gasteiger partial charge on any atom is -0.478 e. The molecule has 5 heteroatoms. The summed E-state index contributed by atoms with van der Waals surface area (Å²) >= 11 is 1.64. The van der Waals surface area contributed by atoms with E-state index in [-0.39, 0.29) is 11.5 Å². The Kier molecular flexibility index (Phi) is 3.97. The molecule has 0 aliphatic carbocycles. The number of aromatic carboxylic acids is 1. The van der Waals surface area contributed by atoms with Gasteiger partial charge in [0.25, 0.3) is 5.91 Å². The molecule has 2 N–H and O–H groups in total. The van der Waals surface area contributed by atoms with Gasteiger partial charge in [-0.3, -0.25) is 4.79 Å². The second-order valence-electron chi connectivity index (χ2n) is 4.08. The third kappa shape index (κ3) is 3.42. The van der Waals surface area contributed by atoms with Gasteiger partial charge in [0.2, 0.25) is 0 Å². The first-order valence-corrected chi connectivity index (χ1v) is 6.55. The summed E-state index contributed by atoms with van der Waals surface area (Å²) < 4.78 is 0. The maximum Gasteiger partial charge on any atom is 0.335 e. The number of benzene rings is 1. The monoisotopic (exact) mass is 275 g/mol. The highest BCUT2D eigenvalue weighted by molar-refractivity contribution is 7.11. The Bertz CT molecular complexity index is 601. The van der Waals surface area contributed by atoms with Crippen molar-refractivity contribution in [2.45, 2.75) is 13.5 Å². The zero-order chi connectivity index (χ0) is 13.8. The van der Waals surface area contributed by atoms with Crippen molar-refractivity contribution in [1.82, 2.24) is 5.32 Å². The topological polar surface area (TPSA) is 66.4 Å². The normalized spacial score (nSPS) is 10.2. The van der Waals surface area contributed by atoms with Crippen molar-refractivity contribution >= 4 is 23.2 Å². The number of carboxylic acids is 1. The Morgan fingerprint density at radius 1 is 1.11 bits per heavy atom. The summed E-state index contributed by atoms with van der Waals surface area (Å²) in [6, 6.07) is 9.86. The van der Waals surface area contributed by atoms with Gasteiger partial charge < -0.3 is 10.4 Å². The van der Waals surface area contributed by atoms with Gasteiger partial charge in [0, 0.05) is 15.3 Å². The lowest BCUT2D eigenvalue weighted by molar-refractivity contribution is 0.0696. The van der Waals surface area contributed by atoms with Crippen molar-refractivity contribution in [3.63, 3.8) is 0 Å². The number of aryl methyl sites for hydroxylation is 1. The number of carboxylic acid groups (broad SMARTS) is 1. The van der Waals surface area contributed by atoms with Gasteiger partial charge in [0.1, 0.15) is 0 Å². The van der Waals surface area contributed by atoms with Crippen LogP contribution in [-0.2, 0) is 6.54 Å². The summed E-state index contributed by atoms with van der Waals surface area (Å²) in [6.45, 7) is 2.50. The summed E-state index contributed by atoms with van der Waals surface area (Å²) in [7, 11) is 0. The lowest BCUT2D eigenvalue weighted by Crippen LogP contribution is -2.22. The van der Waals surface area contributed by atoms with Gasteiger partial charge in [-0.2, -0.15) is 0 Å². The van der Waals surface area contributed by atoms with Gasteiger partial charge >= 0.3 is 5.97 Å². The molecule has 1 heterocycles. The molecule has 0 aliphatic heterocycles. The molecular weight excluding hydrogens is 262 g/mol. The molecule has 0 unspecified atom stereocenters. The number of thiophene rings is 1. The molecule has 0 fully saturated rings. The van der Waals surface area contributed by atoms with Crippen LogP contribution in [0, 0.1) is 6.92 Å². The van der Waals surface area contributed by atoms with Gasteiger partial charge in [0.05, 0.1) is 12.1 Å². The number of hydrogen-bond acceptors (Lipinski definition) is 3. The third-order valence-corrected chi connectivity index (χ3v) is 3.61. The first-order chi connectivity index (χ1) is 9.06. The maximum atomic E-state index is 11.9. The van der Waals surface area contributed by atoms with Crippen LogP contribution < -0.4 is 5.32 Å². The van der Waals surface area contributed by atoms with Crippen molar-refractivity contribution in [2.75, 3.05) is 0 Å². The highest BCUT2D eigenvalue weighted by Gasteiger charge is 2.08. The van der Waals surface area contributed by atoms with Crippen molar-refractivity contribution in [3.8, 4) is 0 Å². The van der Waals surface area contributed by atoms with Crippen LogP contribution in [0.2, 0.25) is 0 Å². The minimum atomic E-state index is -0.999. The Morgan fingerprint density at radius 3 is 2.26 bits per heavy atom. The van der Waals surface area contributed by atoms with Crippen molar-refractivity contribution in [2.24, 2.45) is 0 Å². The fourth-order valence-corrected chi connectivity index (χ4v) is 2.44. The molecule has 0 aliphatic rings. The van der Waals surface area contributed by atoms with E-state index in [9.17, 15) is 9.59 Å². The zero-order valence-corrected chi connectivity index (χ0v) is 11.2. The van der Waals surface area contributed by atoms with Crippen LogP contribution in [0.4, 0.5) is 0 Å². The summed E-state index contributed by atoms with van der Waals surface area (Å²) in [6.07, 6.45) is 0. The number of amides is 1. The van der Waals surface area contributed by atoms with E-state index in [0.29, 0.717) is 12.1 Å². The Labute approximate surface area is 114 Å². The molecule has 2 rings (SSSR count). The average molecular weight is 275 g/mol. The molecule has 0 spiro atoms. The largest absolute Gasteiger partial charge is 0.478 e. The molecule has 19 heavy (non-hydrogen) atoms. The quantitative estimate of drug-likeness (QED) is 0.901. The standard InChI is InChI=1S/C14H13NO3S/c1-9-2-7-12(19-9)8-15-13(16)10-3-5-11(6-4-10)14(17)18/h2-7H,8H2,1H3,(H,15,16)(H,17,18). The highest BCUT2D eigenvalue weighted by Crippen LogP contribution is 2.14. The maximum absolute atomic E-state index is 11.9. The second kappa shape index (κ2) is 5.67. The Balaban J connectivity index is 1.98. The summed E-state index contributed by atoms with van der Waals surface area (Å²) in [5, 5.41) is 11.6. The van der Waals surface area contributed by atoms with Crippen LogP contribution >= 0.6 is 11.3 Å². The zero-order valence-electron chi connectivity index (χ0n) is 10.3. The van der Waals surface area contributed by atoms with Crippen LogP contribution in [0.3, 0.4) is 0 Å². The first-order valence-electron chi connectivity index (χ1n) is 5.73. The van der Waals surface area contributed by atoms with Gasteiger partial charge in [-0.05, 0) is 43.3 Å². The highest BCUT2D eigenvalue weighted by atomic mass is 32.1.